The second-order valence-electron chi connectivity index (χ2n) is 4.37. The van der Waals surface area contributed by atoms with Crippen molar-refractivity contribution >= 4 is 5.69 Å². The van der Waals surface area contributed by atoms with Gasteiger partial charge in [0, 0.05) is 18.8 Å². The third-order valence-corrected chi connectivity index (χ3v) is 2.72. The van der Waals surface area contributed by atoms with E-state index in [1.54, 1.807) is 18.2 Å². The van der Waals surface area contributed by atoms with Crippen molar-refractivity contribution in [1.29, 1.82) is 15.8 Å². The van der Waals surface area contributed by atoms with Crippen molar-refractivity contribution in [3.8, 4) is 18.2 Å². The molecule has 1 rings (SSSR count). The number of anilines is 1. The second kappa shape index (κ2) is 8.35. The van der Waals surface area contributed by atoms with Gasteiger partial charge in [0.1, 0.15) is 23.9 Å². The molecule has 0 saturated carbocycles. The number of allylic oxidation sites excluding steroid dienone is 2. The number of hydrogen-bond acceptors (Lipinski definition) is 6. The molecule has 0 aliphatic rings. The molecule has 0 radical (unpaired) electrons. The molecule has 1 aromatic carbocycles. The fraction of sp³-hybridized carbons (Fsp3) is 0.267. The Kier molecular flexibility index (Phi) is 6.44. The van der Waals surface area contributed by atoms with Gasteiger partial charge in [0.15, 0.2) is 5.57 Å². The van der Waals surface area contributed by atoms with Crippen LogP contribution in [0.15, 0.2) is 35.5 Å². The summed E-state index contributed by atoms with van der Waals surface area (Å²) in [6.45, 7) is 1.29. The number of aliphatic hydroxyl groups excluding tert-OH is 1. The largest absolute Gasteiger partial charge is 0.395 e. The first-order valence-corrected chi connectivity index (χ1v) is 6.24. The van der Waals surface area contributed by atoms with Crippen molar-refractivity contribution in [3.63, 3.8) is 0 Å². The summed E-state index contributed by atoms with van der Waals surface area (Å²) in [6, 6.07) is 12.5. The molecule has 0 atom stereocenters. The molecule has 0 bridgehead atoms. The van der Waals surface area contributed by atoms with Crippen molar-refractivity contribution in [2.24, 2.45) is 0 Å². The van der Waals surface area contributed by atoms with E-state index < -0.39 is 0 Å². The van der Waals surface area contributed by atoms with Crippen LogP contribution in [-0.2, 0) is 6.54 Å². The topological polar surface area (TPSA) is 107 Å². The molecule has 0 spiro atoms. The Labute approximate surface area is 123 Å². The van der Waals surface area contributed by atoms with E-state index in [0.717, 1.165) is 5.56 Å². The average Bonchev–Trinajstić information content (AvgIpc) is 2.48. The van der Waals surface area contributed by atoms with Gasteiger partial charge in [-0.05, 0) is 24.7 Å². The summed E-state index contributed by atoms with van der Waals surface area (Å²) in [4.78, 5) is 1.95. The number of likely N-dealkylation sites (N-methyl/N-ethyl adjacent to an activating group) is 1. The predicted octanol–water partition coefficient (Wildman–Crippen LogP) is 1.35. The zero-order chi connectivity index (χ0) is 15.7. The molecular formula is C15H15N5O. The molecule has 0 unspecified atom stereocenters. The van der Waals surface area contributed by atoms with Crippen LogP contribution in [0.5, 0.6) is 0 Å². The van der Waals surface area contributed by atoms with Crippen molar-refractivity contribution in [2.75, 3.05) is 25.5 Å². The molecule has 0 aliphatic carbocycles. The van der Waals surface area contributed by atoms with Crippen LogP contribution in [-0.4, -0.2) is 30.2 Å². The van der Waals surface area contributed by atoms with Crippen LogP contribution in [0.2, 0.25) is 0 Å². The molecule has 0 amide bonds. The fourth-order valence-corrected chi connectivity index (χ4v) is 1.74. The van der Waals surface area contributed by atoms with Gasteiger partial charge in [-0.3, -0.25) is 4.90 Å². The van der Waals surface area contributed by atoms with Gasteiger partial charge < -0.3 is 10.4 Å². The average molecular weight is 281 g/mol. The van der Waals surface area contributed by atoms with Crippen LogP contribution < -0.4 is 5.32 Å². The molecule has 0 fully saturated rings. The van der Waals surface area contributed by atoms with Crippen LogP contribution in [0.3, 0.4) is 0 Å². The van der Waals surface area contributed by atoms with Gasteiger partial charge in [-0.25, -0.2) is 0 Å². The molecule has 2 N–H and O–H groups in total. The molecule has 6 nitrogen and oxygen atoms in total. The van der Waals surface area contributed by atoms with E-state index in [-0.39, 0.29) is 17.9 Å². The highest BCUT2D eigenvalue weighted by atomic mass is 16.3. The number of rotatable bonds is 6. The van der Waals surface area contributed by atoms with Gasteiger partial charge in [-0.15, -0.1) is 0 Å². The van der Waals surface area contributed by atoms with Gasteiger partial charge in [0.05, 0.1) is 6.61 Å². The monoisotopic (exact) mass is 281 g/mol. The third kappa shape index (κ3) is 4.97. The number of aliphatic hydroxyl groups is 1. The number of nitrogens with one attached hydrogen (secondary N) is 1. The van der Waals surface area contributed by atoms with Gasteiger partial charge in [-0.1, -0.05) is 12.1 Å². The molecule has 21 heavy (non-hydrogen) atoms. The van der Waals surface area contributed by atoms with Crippen LogP contribution in [0.25, 0.3) is 0 Å². The zero-order valence-corrected chi connectivity index (χ0v) is 11.7. The highest BCUT2D eigenvalue weighted by molar-refractivity contribution is 5.58. The van der Waals surface area contributed by atoms with Crippen LogP contribution in [0.4, 0.5) is 5.69 Å². The van der Waals surface area contributed by atoms with Crippen LogP contribution in [0, 0.1) is 34.0 Å². The first kappa shape index (κ1) is 16.2. The lowest BCUT2D eigenvalue weighted by Crippen LogP contribution is -2.21. The molecule has 6 heteroatoms. The summed E-state index contributed by atoms with van der Waals surface area (Å²) in [7, 11) is 1.89. The number of nitriles is 3. The molecular weight excluding hydrogens is 266 g/mol. The van der Waals surface area contributed by atoms with E-state index >= 15 is 0 Å². The third-order valence-electron chi connectivity index (χ3n) is 2.72. The lowest BCUT2D eigenvalue weighted by molar-refractivity contribution is 0.217. The predicted molar refractivity (Wildman–Crippen MR) is 77.3 cm³/mol. The Balaban J connectivity index is 2.92. The van der Waals surface area contributed by atoms with Crippen molar-refractivity contribution in [2.45, 2.75) is 6.54 Å². The molecule has 0 saturated heterocycles. The lowest BCUT2D eigenvalue weighted by Gasteiger charge is -2.15. The Morgan fingerprint density at radius 2 is 1.95 bits per heavy atom. The normalized spacial score (nSPS) is 9.33. The molecule has 0 heterocycles. The van der Waals surface area contributed by atoms with Crippen molar-refractivity contribution in [1.82, 2.24) is 4.90 Å². The maximum Gasteiger partial charge on any atom is 0.163 e. The van der Waals surface area contributed by atoms with Crippen LogP contribution in [0.1, 0.15) is 5.56 Å². The first-order chi connectivity index (χ1) is 10.1. The van der Waals surface area contributed by atoms with E-state index in [4.69, 9.17) is 20.9 Å². The van der Waals surface area contributed by atoms with E-state index in [9.17, 15) is 0 Å². The SMILES string of the molecule is CN(CCO)Cc1cccc(NC(C#N)=C(C#N)C#N)c1. The Morgan fingerprint density at radius 3 is 2.52 bits per heavy atom. The maximum absolute atomic E-state index is 9.00. The molecule has 106 valence electrons. The summed E-state index contributed by atoms with van der Waals surface area (Å²) >= 11 is 0. The number of benzene rings is 1. The number of nitrogens with zero attached hydrogens (tertiary/aromatic N) is 4. The van der Waals surface area contributed by atoms with E-state index in [0.29, 0.717) is 18.8 Å². The van der Waals surface area contributed by atoms with Gasteiger partial charge in [0.2, 0.25) is 0 Å². The molecule has 0 aromatic heterocycles. The summed E-state index contributed by atoms with van der Waals surface area (Å²) in [5, 5.41) is 38.2. The van der Waals surface area contributed by atoms with E-state index in [1.165, 1.54) is 0 Å². The molecule has 1 aromatic rings. The smallest absolute Gasteiger partial charge is 0.163 e. The first-order valence-electron chi connectivity index (χ1n) is 6.24. The summed E-state index contributed by atoms with van der Waals surface area (Å²) in [6.07, 6.45) is 0. The minimum absolute atomic E-state index is 0.0686. The zero-order valence-electron chi connectivity index (χ0n) is 11.7. The minimum Gasteiger partial charge on any atom is -0.395 e. The number of hydrogen-bond donors (Lipinski definition) is 2. The van der Waals surface area contributed by atoms with Gasteiger partial charge >= 0.3 is 0 Å². The minimum atomic E-state index is -0.250. The Morgan fingerprint density at radius 1 is 1.24 bits per heavy atom. The van der Waals surface area contributed by atoms with Gasteiger partial charge in [-0.2, -0.15) is 15.8 Å². The summed E-state index contributed by atoms with van der Waals surface area (Å²) < 4.78 is 0. The van der Waals surface area contributed by atoms with E-state index in [2.05, 4.69) is 5.32 Å². The Bertz CT molecular complexity index is 629. The maximum atomic E-state index is 9.00. The quantitative estimate of drug-likeness (QED) is 0.762. The van der Waals surface area contributed by atoms with Crippen LogP contribution >= 0.6 is 0 Å². The highest BCUT2D eigenvalue weighted by Crippen LogP contribution is 2.15. The second-order valence-corrected chi connectivity index (χ2v) is 4.37. The fourth-order valence-electron chi connectivity index (χ4n) is 1.74. The van der Waals surface area contributed by atoms with Gasteiger partial charge in [0.25, 0.3) is 0 Å². The highest BCUT2D eigenvalue weighted by Gasteiger charge is 2.07. The summed E-state index contributed by atoms with van der Waals surface area (Å²) in [5.41, 5.74) is 1.30. The molecule has 0 aliphatic heterocycles. The summed E-state index contributed by atoms with van der Waals surface area (Å²) in [5.74, 6) is 0. The lowest BCUT2D eigenvalue weighted by atomic mass is 10.1. The standard InChI is InChI=1S/C15H15N5O/c1-20(5-6-21)11-12-3-2-4-14(7-12)19-15(10-18)13(8-16)9-17/h2-4,7,19,21H,5-6,11H2,1H3. The van der Waals surface area contributed by atoms with Crippen molar-refractivity contribution in [3.05, 3.63) is 41.1 Å². The van der Waals surface area contributed by atoms with Crippen molar-refractivity contribution < 1.29 is 5.11 Å². The van der Waals surface area contributed by atoms with E-state index in [1.807, 2.05) is 36.2 Å². The Hall–Kier alpha value is -2.85.